The van der Waals surface area contributed by atoms with E-state index in [-0.39, 0.29) is 17.5 Å². The Hall–Kier alpha value is -2.68. The van der Waals surface area contributed by atoms with Crippen molar-refractivity contribution in [2.75, 3.05) is 0 Å². The first-order chi connectivity index (χ1) is 8.10. The predicted octanol–water partition coefficient (Wildman–Crippen LogP) is 1.77. The molecule has 1 aromatic carbocycles. The van der Waals surface area contributed by atoms with Gasteiger partial charge in [0.05, 0.1) is 16.6 Å². The molecule has 0 fully saturated rings. The van der Waals surface area contributed by atoms with Crippen molar-refractivity contribution in [3.63, 3.8) is 0 Å². The lowest BCUT2D eigenvalue weighted by Gasteiger charge is -2.01. The molecule has 0 aliphatic carbocycles. The normalized spacial score (nSPS) is 10.1. The lowest BCUT2D eigenvalue weighted by molar-refractivity contribution is -0.385. The summed E-state index contributed by atoms with van der Waals surface area (Å²) in [5, 5.41) is 28.9. The number of aldehydes is 1. The molecule has 0 unspecified atom stereocenters. The maximum Gasteiger partial charge on any atom is 0.312 e. The number of phenolic OH excluding ortho intramolecular Hbond substituents is 1. The second-order valence-electron chi connectivity index (χ2n) is 3.11. The van der Waals surface area contributed by atoms with Crippen LogP contribution in [0.4, 0.5) is 5.69 Å². The van der Waals surface area contributed by atoms with Crippen LogP contribution in [0.1, 0.15) is 17.5 Å². The van der Waals surface area contributed by atoms with Crippen molar-refractivity contribution in [1.29, 1.82) is 5.26 Å². The Labute approximate surface area is 96.6 Å². The van der Waals surface area contributed by atoms with Gasteiger partial charge in [-0.3, -0.25) is 10.1 Å². The molecule has 6 heteroatoms. The number of aromatic hydroxyl groups is 1. The van der Waals surface area contributed by atoms with E-state index in [0.29, 0.717) is 6.29 Å². The molecule has 1 N–H and O–H groups in total. The largest absolute Gasteiger partial charge is 0.502 e. The summed E-state index contributed by atoms with van der Waals surface area (Å²) in [7, 11) is 0. The van der Waals surface area contributed by atoms with Gasteiger partial charge >= 0.3 is 5.69 Å². The van der Waals surface area contributed by atoms with Crippen LogP contribution in [0.5, 0.6) is 5.75 Å². The fourth-order valence-electron chi connectivity index (χ4n) is 1.22. The van der Waals surface area contributed by atoms with Gasteiger partial charge in [0.1, 0.15) is 6.29 Å². The number of nitrogens with zero attached hydrogens (tertiary/aromatic N) is 2. The summed E-state index contributed by atoms with van der Waals surface area (Å²) in [4.78, 5) is 20.0. The third-order valence-corrected chi connectivity index (χ3v) is 1.97. The zero-order valence-corrected chi connectivity index (χ0v) is 8.66. The van der Waals surface area contributed by atoms with Gasteiger partial charge < -0.3 is 9.90 Å². The number of hydrogen-bond donors (Lipinski definition) is 1. The molecule has 0 aliphatic rings. The summed E-state index contributed by atoms with van der Waals surface area (Å²) >= 11 is 0. The van der Waals surface area contributed by atoms with Crippen molar-refractivity contribution in [2.24, 2.45) is 0 Å². The van der Waals surface area contributed by atoms with Gasteiger partial charge in [0.15, 0.2) is 0 Å². The molecular formula is C11H8N2O4. The molecule has 1 aromatic rings. The molecule has 0 saturated carbocycles. The highest BCUT2D eigenvalue weighted by Gasteiger charge is 2.17. The lowest BCUT2D eigenvalue weighted by Crippen LogP contribution is -1.92. The van der Waals surface area contributed by atoms with E-state index < -0.39 is 16.4 Å². The lowest BCUT2D eigenvalue weighted by atomic mass is 10.1. The number of rotatable bonds is 4. The van der Waals surface area contributed by atoms with Gasteiger partial charge in [0, 0.05) is 18.1 Å². The molecule has 0 aromatic heterocycles. The Morgan fingerprint density at radius 3 is 2.76 bits per heavy atom. The zero-order valence-electron chi connectivity index (χ0n) is 8.66. The van der Waals surface area contributed by atoms with Crippen LogP contribution in [0.25, 0.3) is 6.08 Å². The van der Waals surface area contributed by atoms with Gasteiger partial charge in [-0.15, -0.1) is 0 Å². The minimum atomic E-state index is -0.771. The molecule has 0 heterocycles. The van der Waals surface area contributed by atoms with E-state index in [1.165, 1.54) is 18.2 Å². The smallest absolute Gasteiger partial charge is 0.312 e. The molecule has 1 rings (SSSR count). The first-order valence-electron chi connectivity index (χ1n) is 4.61. The van der Waals surface area contributed by atoms with Crippen LogP contribution in [0.15, 0.2) is 18.2 Å². The summed E-state index contributed by atoms with van der Waals surface area (Å²) in [5.41, 5.74) is -0.326. The SMILES string of the molecule is N#Cc1cc(C=CCC=O)c(O)c([N+](=O)[O-])c1. The Kier molecular flexibility index (Phi) is 3.95. The molecule has 86 valence electrons. The molecule has 0 bridgehead atoms. The molecule has 0 atom stereocenters. The average molecular weight is 232 g/mol. The van der Waals surface area contributed by atoms with Crippen molar-refractivity contribution in [1.82, 2.24) is 0 Å². The Balaban J connectivity index is 3.29. The van der Waals surface area contributed by atoms with Gasteiger partial charge in [0.25, 0.3) is 0 Å². The molecule has 0 aliphatic heterocycles. The van der Waals surface area contributed by atoms with Crippen LogP contribution in [-0.4, -0.2) is 16.3 Å². The molecule has 17 heavy (non-hydrogen) atoms. The predicted molar refractivity (Wildman–Crippen MR) is 59.2 cm³/mol. The molecule has 6 nitrogen and oxygen atoms in total. The number of allylic oxidation sites excluding steroid dienone is 1. The number of carbonyl (C=O) groups is 1. The Morgan fingerprint density at radius 1 is 1.53 bits per heavy atom. The second-order valence-corrected chi connectivity index (χ2v) is 3.11. The third kappa shape index (κ3) is 2.89. The number of phenols is 1. The highest BCUT2D eigenvalue weighted by atomic mass is 16.6. The maximum absolute atomic E-state index is 10.6. The van der Waals surface area contributed by atoms with Gasteiger partial charge in [-0.1, -0.05) is 12.2 Å². The monoisotopic (exact) mass is 232 g/mol. The van der Waals surface area contributed by atoms with E-state index in [4.69, 9.17) is 5.26 Å². The van der Waals surface area contributed by atoms with Crippen LogP contribution in [-0.2, 0) is 4.79 Å². The third-order valence-electron chi connectivity index (χ3n) is 1.97. The number of nitro groups is 1. The summed E-state index contributed by atoms with van der Waals surface area (Å²) in [5.74, 6) is -0.517. The zero-order chi connectivity index (χ0) is 12.8. The molecule has 0 saturated heterocycles. The van der Waals surface area contributed by atoms with Crippen LogP contribution < -0.4 is 0 Å². The number of nitriles is 1. The van der Waals surface area contributed by atoms with Crippen molar-refractivity contribution in [2.45, 2.75) is 6.42 Å². The van der Waals surface area contributed by atoms with Crippen molar-refractivity contribution < 1.29 is 14.8 Å². The fraction of sp³-hybridized carbons (Fsp3) is 0.0909. The average Bonchev–Trinajstić information content (AvgIpc) is 2.31. The number of hydrogen-bond acceptors (Lipinski definition) is 5. The highest BCUT2D eigenvalue weighted by Crippen LogP contribution is 2.31. The van der Waals surface area contributed by atoms with Crippen molar-refractivity contribution in [3.05, 3.63) is 39.4 Å². The molecule has 0 radical (unpaired) electrons. The van der Waals surface area contributed by atoms with Crippen molar-refractivity contribution >= 4 is 18.0 Å². The Morgan fingerprint density at radius 2 is 2.24 bits per heavy atom. The minimum Gasteiger partial charge on any atom is -0.502 e. The second kappa shape index (κ2) is 5.42. The van der Waals surface area contributed by atoms with Gasteiger partial charge in [-0.25, -0.2) is 0 Å². The van der Waals surface area contributed by atoms with E-state index in [1.54, 1.807) is 6.07 Å². The maximum atomic E-state index is 10.6. The van der Waals surface area contributed by atoms with E-state index in [2.05, 4.69) is 0 Å². The van der Waals surface area contributed by atoms with Gasteiger partial charge in [0.2, 0.25) is 5.75 Å². The van der Waals surface area contributed by atoms with Crippen LogP contribution in [0.2, 0.25) is 0 Å². The summed E-state index contributed by atoms with van der Waals surface area (Å²) in [6.07, 6.45) is 3.57. The highest BCUT2D eigenvalue weighted by molar-refractivity contribution is 5.68. The first kappa shape index (κ1) is 12.4. The van der Waals surface area contributed by atoms with E-state index in [0.717, 1.165) is 6.07 Å². The van der Waals surface area contributed by atoms with Crippen LogP contribution in [0.3, 0.4) is 0 Å². The summed E-state index contributed by atoms with van der Waals surface area (Å²) in [6.45, 7) is 0. The van der Waals surface area contributed by atoms with Gasteiger partial charge in [-0.05, 0) is 6.07 Å². The number of nitro benzene ring substituents is 1. The summed E-state index contributed by atoms with van der Waals surface area (Å²) < 4.78 is 0. The van der Waals surface area contributed by atoms with Crippen LogP contribution in [0, 0.1) is 21.4 Å². The van der Waals surface area contributed by atoms with E-state index in [9.17, 15) is 20.0 Å². The van der Waals surface area contributed by atoms with E-state index >= 15 is 0 Å². The van der Waals surface area contributed by atoms with Gasteiger partial charge in [-0.2, -0.15) is 5.26 Å². The van der Waals surface area contributed by atoms with Crippen molar-refractivity contribution in [3.8, 4) is 11.8 Å². The first-order valence-corrected chi connectivity index (χ1v) is 4.61. The standard InChI is InChI=1S/C11H8N2O4/c12-7-8-5-9(3-1-2-4-14)11(15)10(6-8)13(16)17/h1,3-6,15H,2H2. The number of benzene rings is 1. The number of carbonyl (C=O) groups excluding carboxylic acids is 1. The molecule has 0 amide bonds. The molecular weight excluding hydrogens is 224 g/mol. The Bertz CT molecular complexity index is 529. The molecule has 0 spiro atoms. The summed E-state index contributed by atoms with van der Waals surface area (Å²) in [6, 6.07) is 4.06. The topological polar surface area (TPSA) is 104 Å². The van der Waals surface area contributed by atoms with Crippen LogP contribution >= 0.6 is 0 Å². The fourth-order valence-corrected chi connectivity index (χ4v) is 1.22. The quantitative estimate of drug-likeness (QED) is 0.484. The van der Waals surface area contributed by atoms with E-state index in [1.807, 2.05) is 0 Å². The minimum absolute atomic E-state index is 0.0697.